The molecule has 1 saturated heterocycles. The minimum absolute atomic E-state index is 0.633. The van der Waals surface area contributed by atoms with Gasteiger partial charge in [0, 0.05) is 12.4 Å². The summed E-state index contributed by atoms with van der Waals surface area (Å²) in [7, 11) is 0. The molecule has 4 rings (SSSR count). The maximum absolute atomic E-state index is 5.65. The highest BCUT2D eigenvalue weighted by atomic mass is 32.1. The Morgan fingerprint density at radius 2 is 1.67 bits per heavy atom. The summed E-state index contributed by atoms with van der Waals surface area (Å²) in [5, 5.41) is 8.63. The lowest BCUT2D eigenvalue weighted by Gasteiger charge is -2.31. The van der Waals surface area contributed by atoms with Gasteiger partial charge in [0.05, 0.1) is 31.9 Å². The number of tetrazole rings is 1. The maximum atomic E-state index is 5.65. The van der Waals surface area contributed by atoms with E-state index in [-0.39, 0.29) is 0 Å². The molecule has 0 atom stereocenters. The van der Waals surface area contributed by atoms with E-state index >= 15 is 0 Å². The molecule has 0 radical (unpaired) electrons. The normalized spacial score (nSPS) is 15.3. The first-order chi connectivity index (χ1) is 13.1. The quantitative estimate of drug-likeness (QED) is 0.665. The first kappa shape index (κ1) is 17.7. The minimum atomic E-state index is 0.633. The third-order valence-electron chi connectivity index (χ3n) is 4.97. The predicted octanol–water partition coefficient (Wildman–Crippen LogP) is 0.568. The zero-order chi connectivity index (χ0) is 18.8. The summed E-state index contributed by atoms with van der Waals surface area (Å²) in [5.74, 6) is 0.800. The van der Waals surface area contributed by atoms with Gasteiger partial charge in [-0.15, -0.1) is 0 Å². The molecular weight excluding hydrogens is 360 g/mol. The fourth-order valence-corrected chi connectivity index (χ4v) is 3.73. The van der Waals surface area contributed by atoms with Crippen LogP contribution in [-0.4, -0.2) is 55.9 Å². The van der Waals surface area contributed by atoms with E-state index in [4.69, 9.17) is 12.2 Å². The van der Waals surface area contributed by atoms with E-state index in [1.165, 1.54) is 4.90 Å². The molecule has 1 aliphatic heterocycles. The van der Waals surface area contributed by atoms with Gasteiger partial charge in [-0.3, -0.25) is 0 Å². The summed E-state index contributed by atoms with van der Waals surface area (Å²) in [4.78, 5) is 12.3. The second-order valence-electron chi connectivity index (χ2n) is 6.86. The molecule has 3 heterocycles. The number of nitrogens with zero attached hydrogens (tertiary/aromatic N) is 7. The second-order valence-corrected chi connectivity index (χ2v) is 7.22. The average Bonchev–Trinajstić information content (AvgIpc) is 3.03. The Morgan fingerprint density at radius 3 is 2.33 bits per heavy atom. The number of aryl methyl sites for hydroxylation is 2. The number of rotatable bonds is 4. The molecule has 1 fully saturated rings. The molecule has 0 aliphatic carbocycles. The highest BCUT2D eigenvalue weighted by Crippen LogP contribution is 2.17. The standard InChI is InChI=1S/C18H22N8S/c1-14-5-3-6-15(2)16(14)26-18(27)25(21-22-26)13-23-9-11-24(12-10-23)17-19-7-4-8-20-17/h3-8H,9-13H2,1-2H3/p+1. The number of aromatic nitrogens is 6. The Balaban J connectivity index is 1.46. The molecule has 0 amide bonds. The van der Waals surface area contributed by atoms with Crippen molar-refractivity contribution >= 4 is 18.2 Å². The van der Waals surface area contributed by atoms with Crippen molar-refractivity contribution in [2.75, 3.05) is 31.1 Å². The monoisotopic (exact) mass is 383 g/mol. The number of piperazine rings is 1. The van der Waals surface area contributed by atoms with Crippen molar-refractivity contribution in [1.29, 1.82) is 0 Å². The van der Waals surface area contributed by atoms with Crippen molar-refractivity contribution < 1.29 is 4.90 Å². The fourth-order valence-electron chi connectivity index (χ4n) is 3.50. The van der Waals surface area contributed by atoms with Crippen molar-refractivity contribution in [3.05, 3.63) is 52.6 Å². The van der Waals surface area contributed by atoms with E-state index in [9.17, 15) is 0 Å². The number of quaternary nitrogens is 1. The van der Waals surface area contributed by atoms with Gasteiger partial charge in [-0.25, -0.2) is 9.97 Å². The molecule has 3 aromatic rings. The van der Waals surface area contributed by atoms with Crippen LogP contribution in [0.4, 0.5) is 5.95 Å². The zero-order valence-corrected chi connectivity index (χ0v) is 16.4. The van der Waals surface area contributed by atoms with E-state index in [0.29, 0.717) is 11.4 Å². The first-order valence-corrected chi connectivity index (χ1v) is 9.49. The van der Waals surface area contributed by atoms with E-state index in [1.54, 1.807) is 17.1 Å². The lowest BCUT2D eigenvalue weighted by molar-refractivity contribution is -0.924. The molecule has 0 bridgehead atoms. The topological polar surface area (TPSA) is 69.1 Å². The molecule has 8 nitrogen and oxygen atoms in total. The summed E-state index contributed by atoms with van der Waals surface area (Å²) < 4.78 is 4.23. The minimum Gasteiger partial charge on any atom is -0.330 e. The highest BCUT2D eigenvalue weighted by Gasteiger charge is 2.23. The molecule has 0 unspecified atom stereocenters. The highest BCUT2D eigenvalue weighted by molar-refractivity contribution is 7.71. The number of hydrogen-bond acceptors (Lipinski definition) is 6. The molecular formula is C18H23N8S+. The van der Waals surface area contributed by atoms with Crippen molar-refractivity contribution in [3.63, 3.8) is 0 Å². The van der Waals surface area contributed by atoms with Gasteiger partial charge < -0.3 is 9.80 Å². The van der Waals surface area contributed by atoms with E-state index in [1.807, 2.05) is 16.8 Å². The van der Waals surface area contributed by atoms with Crippen molar-refractivity contribution in [2.45, 2.75) is 20.5 Å². The van der Waals surface area contributed by atoms with Gasteiger partial charge in [0.2, 0.25) is 10.7 Å². The Kier molecular flexibility index (Phi) is 4.95. The summed E-state index contributed by atoms with van der Waals surface area (Å²) in [5.41, 5.74) is 3.30. The number of para-hydroxylation sites is 1. The van der Waals surface area contributed by atoms with Gasteiger partial charge in [0.25, 0.3) is 0 Å². The largest absolute Gasteiger partial charge is 0.330 e. The molecule has 1 N–H and O–H groups in total. The third-order valence-corrected chi connectivity index (χ3v) is 5.35. The van der Waals surface area contributed by atoms with Crippen molar-refractivity contribution in [2.24, 2.45) is 0 Å². The summed E-state index contributed by atoms with van der Waals surface area (Å²) in [6.07, 6.45) is 3.57. The average molecular weight is 384 g/mol. The molecule has 0 saturated carbocycles. The molecule has 27 heavy (non-hydrogen) atoms. The number of benzene rings is 1. The summed E-state index contributed by atoms with van der Waals surface area (Å²) in [6, 6.07) is 8.02. The Hall–Kier alpha value is -2.65. The third kappa shape index (κ3) is 3.60. The molecule has 1 aromatic carbocycles. The van der Waals surface area contributed by atoms with Crippen LogP contribution < -0.4 is 9.80 Å². The van der Waals surface area contributed by atoms with Crippen LogP contribution in [0, 0.1) is 18.6 Å². The summed E-state index contributed by atoms with van der Waals surface area (Å²) >= 11 is 5.65. The molecule has 9 heteroatoms. The van der Waals surface area contributed by atoms with Gasteiger partial charge in [0.15, 0.2) is 6.67 Å². The van der Waals surface area contributed by atoms with Crippen LogP contribution in [0.1, 0.15) is 11.1 Å². The lowest BCUT2D eigenvalue weighted by Crippen LogP contribution is -3.14. The van der Waals surface area contributed by atoms with Crippen LogP contribution in [0.15, 0.2) is 36.7 Å². The number of hydrogen-bond donors (Lipinski definition) is 1. The molecule has 140 valence electrons. The van der Waals surface area contributed by atoms with Crippen molar-refractivity contribution in [1.82, 2.24) is 29.8 Å². The Labute approximate surface area is 163 Å². The number of anilines is 1. The maximum Gasteiger partial charge on any atom is 0.225 e. The van der Waals surface area contributed by atoms with Gasteiger partial charge in [-0.1, -0.05) is 18.2 Å². The Morgan fingerprint density at radius 1 is 1.00 bits per heavy atom. The van der Waals surface area contributed by atoms with Crippen LogP contribution in [-0.2, 0) is 6.67 Å². The Bertz CT molecular complexity index is 952. The van der Waals surface area contributed by atoms with E-state index in [2.05, 4.69) is 51.3 Å². The van der Waals surface area contributed by atoms with Gasteiger partial charge in [0.1, 0.15) is 0 Å². The van der Waals surface area contributed by atoms with Crippen LogP contribution >= 0.6 is 12.2 Å². The van der Waals surface area contributed by atoms with Crippen LogP contribution in [0.3, 0.4) is 0 Å². The first-order valence-electron chi connectivity index (χ1n) is 9.08. The smallest absolute Gasteiger partial charge is 0.225 e. The number of nitrogens with one attached hydrogen (secondary N) is 1. The predicted molar refractivity (Wildman–Crippen MR) is 105 cm³/mol. The molecule has 2 aromatic heterocycles. The fraction of sp³-hybridized carbons (Fsp3) is 0.389. The van der Waals surface area contributed by atoms with E-state index in [0.717, 1.165) is 48.9 Å². The van der Waals surface area contributed by atoms with Crippen LogP contribution in [0.25, 0.3) is 5.69 Å². The molecule has 0 spiro atoms. The van der Waals surface area contributed by atoms with Crippen LogP contribution in [0.5, 0.6) is 0 Å². The van der Waals surface area contributed by atoms with Gasteiger partial charge >= 0.3 is 0 Å². The zero-order valence-electron chi connectivity index (χ0n) is 15.5. The van der Waals surface area contributed by atoms with Gasteiger partial charge in [-0.2, -0.15) is 9.36 Å². The lowest BCUT2D eigenvalue weighted by atomic mass is 10.1. The summed E-state index contributed by atoms with van der Waals surface area (Å²) in [6.45, 7) is 8.65. The SMILES string of the molecule is Cc1cccc(C)c1-n1nnn(C[NH+]2CCN(c3ncccn3)CC2)c1=S. The van der Waals surface area contributed by atoms with Gasteiger partial charge in [-0.05, 0) is 53.7 Å². The van der Waals surface area contributed by atoms with E-state index < -0.39 is 0 Å². The molecule has 1 aliphatic rings. The second kappa shape index (κ2) is 7.53. The van der Waals surface area contributed by atoms with Crippen LogP contribution in [0.2, 0.25) is 0 Å². The van der Waals surface area contributed by atoms with Crippen molar-refractivity contribution in [3.8, 4) is 5.69 Å².